The Kier molecular flexibility index (Phi) is 2.67. The van der Waals surface area contributed by atoms with Crippen molar-refractivity contribution in [1.29, 1.82) is 10.5 Å². The molecule has 3 aliphatic rings. The van der Waals surface area contributed by atoms with Gasteiger partial charge >= 0.3 is 5.91 Å². The number of nitrogens with zero attached hydrogens (tertiary/aromatic N) is 2. The molecule has 1 aromatic carbocycles. The molecule has 0 bridgehead atoms. The van der Waals surface area contributed by atoms with Gasteiger partial charge in [-0.2, -0.15) is 10.5 Å². The average Bonchev–Trinajstić information content (AvgIpc) is 2.91. The van der Waals surface area contributed by atoms with E-state index < -0.39 is 22.7 Å². The Morgan fingerprint density at radius 2 is 2.09 bits per heavy atom. The number of ether oxygens (including phenoxy) is 2. The second kappa shape index (κ2) is 4.24. The predicted octanol–water partition coefficient (Wildman–Crippen LogP) is -0.00234. The number of nitriles is 2. The van der Waals surface area contributed by atoms with Gasteiger partial charge in [-0.15, -0.1) is 0 Å². The summed E-state index contributed by atoms with van der Waals surface area (Å²) >= 11 is 6.31. The largest absolute Gasteiger partial charge is 0.343 e. The molecule has 4 rings (SSSR count). The lowest BCUT2D eigenvalue weighted by Crippen LogP contribution is -2.90. The quantitative estimate of drug-likeness (QED) is 0.754. The number of hydrogen-bond donors (Lipinski definition) is 2. The van der Waals surface area contributed by atoms with Crippen molar-refractivity contribution in [2.45, 2.75) is 24.9 Å². The van der Waals surface area contributed by atoms with E-state index in [9.17, 15) is 10.5 Å². The highest BCUT2D eigenvalue weighted by Crippen LogP contribution is 2.79. The lowest BCUT2D eigenvalue weighted by Gasteiger charge is -2.24. The van der Waals surface area contributed by atoms with Gasteiger partial charge < -0.3 is 9.47 Å². The van der Waals surface area contributed by atoms with E-state index in [-0.39, 0.29) is 11.9 Å². The third-order valence-corrected chi connectivity index (χ3v) is 5.45. The summed E-state index contributed by atoms with van der Waals surface area (Å²) in [5, 5.41) is 20.4. The summed E-state index contributed by atoms with van der Waals surface area (Å²) in [6.45, 7) is 2.16. The Balaban J connectivity index is 1.95. The number of rotatable bonds is 1. The standard InChI is InChI=1S/C16H13ClN4O2/c1-9-6-22-16(23-9)15(8-19)12(10-4-2-3-5-11(10)17)14(15,7-18)13(20)21-16/h2-5,9,12H,6H2,1H3,(H2,20,21)/p+1/t9-,12-,14-,15-,16-/m1/s1. The van der Waals surface area contributed by atoms with Crippen molar-refractivity contribution in [3.63, 3.8) is 0 Å². The van der Waals surface area contributed by atoms with Crippen LogP contribution in [0.3, 0.4) is 0 Å². The van der Waals surface area contributed by atoms with E-state index in [4.69, 9.17) is 26.8 Å². The van der Waals surface area contributed by atoms with Gasteiger partial charge in [0.05, 0.1) is 24.8 Å². The first kappa shape index (κ1) is 14.5. The van der Waals surface area contributed by atoms with E-state index >= 15 is 0 Å². The number of hydrogen-bond acceptors (Lipinski definition) is 5. The Morgan fingerprint density at radius 3 is 2.65 bits per heavy atom. The zero-order valence-corrected chi connectivity index (χ0v) is 13.1. The van der Waals surface area contributed by atoms with Crippen LogP contribution in [-0.4, -0.2) is 24.5 Å². The maximum absolute atomic E-state index is 10.0. The van der Waals surface area contributed by atoms with Crippen LogP contribution in [0.5, 0.6) is 0 Å². The Morgan fingerprint density at radius 1 is 1.35 bits per heavy atom. The number of nitrogens with two attached hydrogens (primary N) is 1. The molecule has 116 valence electrons. The molecular formula is C16H14ClN4O2+. The molecule has 6 nitrogen and oxygen atoms in total. The summed E-state index contributed by atoms with van der Waals surface area (Å²) in [5.41, 5.74) is 4.34. The van der Waals surface area contributed by atoms with Crippen molar-refractivity contribution in [3.8, 4) is 12.1 Å². The second-order valence-corrected chi connectivity index (χ2v) is 6.60. The van der Waals surface area contributed by atoms with Crippen LogP contribution in [0.4, 0.5) is 0 Å². The first-order chi connectivity index (χ1) is 11.0. The maximum atomic E-state index is 10.0. The van der Waals surface area contributed by atoms with Crippen molar-refractivity contribution in [2.75, 3.05) is 6.61 Å². The van der Waals surface area contributed by atoms with E-state index in [1.54, 1.807) is 12.1 Å². The molecule has 2 fully saturated rings. The van der Waals surface area contributed by atoms with Crippen molar-refractivity contribution in [2.24, 2.45) is 16.6 Å². The SMILES string of the molecule is C[C@@H]1CO[C@@]2([NH+]=C(N)[C@@]3(C#N)[C@@H](c4ccccc4Cl)[C@@]23C#N)O1. The first-order valence-corrected chi connectivity index (χ1v) is 7.66. The fourth-order valence-corrected chi connectivity index (χ4v) is 4.38. The highest BCUT2D eigenvalue weighted by Gasteiger charge is 2.98. The number of fused-ring (bicyclic) bond motifs is 2. The summed E-state index contributed by atoms with van der Waals surface area (Å²) in [4.78, 5) is 2.92. The zero-order valence-electron chi connectivity index (χ0n) is 12.3. The van der Waals surface area contributed by atoms with Crippen LogP contribution in [0.15, 0.2) is 24.3 Å². The lowest BCUT2D eigenvalue weighted by atomic mass is 9.94. The van der Waals surface area contributed by atoms with Crippen molar-refractivity contribution in [3.05, 3.63) is 34.9 Å². The molecule has 2 heterocycles. The minimum absolute atomic E-state index is 0.195. The van der Waals surface area contributed by atoms with Crippen LogP contribution in [0.2, 0.25) is 5.02 Å². The Labute approximate surface area is 138 Å². The number of benzene rings is 1. The number of nitrogens with one attached hydrogen (secondary N) is 1. The summed E-state index contributed by atoms with van der Waals surface area (Å²) in [6, 6.07) is 11.7. The molecule has 23 heavy (non-hydrogen) atoms. The van der Waals surface area contributed by atoms with Gasteiger partial charge in [0, 0.05) is 10.9 Å². The van der Waals surface area contributed by atoms with Crippen molar-refractivity contribution >= 4 is 17.4 Å². The van der Waals surface area contributed by atoms with Gasteiger partial charge in [-0.05, 0) is 18.6 Å². The zero-order chi connectivity index (χ0) is 16.5. The van der Waals surface area contributed by atoms with Crippen LogP contribution in [0, 0.1) is 33.5 Å². The fourth-order valence-electron chi connectivity index (χ4n) is 4.14. The fraction of sp³-hybridized carbons (Fsp3) is 0.438. The van der Waals surface area contributed by atoms with Gasteiger partial charge in [0.1, 0.15) is 0 Å². The van der Waals surface area contributed by atoms with Crippen LogP contribution in [-0.2, 0) is 9.47 Å². The maximum Gasteiger partial charge on any atom is 0.343 e. The smallest absolute Gasteiger partial charge is 0.311 e. The molecule has 5 atom stereocenters. The molecule has 0 amide bonds. The van der Waals surface area contributed by atoms with Crippen LogP contribution >= 0.6 is 11.6 Å². The van der Waals surface area contributed by atoms with Gasteiger partial charge in [0.15, 0.2) is 10.8 Å². The molecule has 7 heteroatoms. The molecule has 1 aromatic rings. The van der Waals surface area contributed by atoms with Gasteiger partial charge in [-0.25, -0.2) is 4.99 Å². The molecule has 1 aliphatic carbocycles. The lowest BCUT2D eigenvalue weighted by molar-refractivity contribution is -0.677. The number of amidine groups is 1. The summed E-state index contributed by atoms with van der Waals surface area (Å²) in [6.07, 6.45) is -0.206. The van der Waals surface area contributed by atoms with Gasteiger partial charge in [-0.3, -0.25) is 5.73 Å². The van der Waals surface area contributed by atoms with Gasteiger partial charge in [0.25, 0.3) is 5.84 Å². The molecule has 1 saturated heterocycles. The summed E-state index contributed by atoms with van der Waals surface area (Å²) < 4.78 is 11.7. The predicted molar refractivity (Wildman–Crippen MR) is 79.7 cm³/mol. The van der Waals surface area contributed by atoms with Crippen molar-refractivity contribution < 1.29 is 14.5 Å². The van der Waals surface area contributed by atoms with Crippen LogP contribution in [0.1, 0.15) is 18.4 Å². The van der Waals surface area contributed by atoms with Gasteiger partial charge in [0.2, 0.25) is 0 Å². The third-order valence-electron chi connectivity index (χ3n) is 5.11. The van der Waals surface area contributed by atoms with Crippen molar-refractivity contribution in [1.82, 2.24) is 0 Å². The average molecular weight is 330 g/mol. The molecular weight excluding hydrogens is 316 g/mol. The molecule has 0 unspecified atom stereocenters. The normalized spacial score (nSPS) is 43.6. The molecule has 0 aromatic heterocycles. The molecule has 3 N–H and O–H groups in total. The van der Waals surface area contributed by atoms with E-state index in [0.717, 1.165) is 0 Å². The third kappa shape index (κ3) is 1.34. The minimum atomic E-state index is -1.41. The molecule has 1 spiro atoms. The Bertz CT molecular complexity index is 828. The molecule has 0 radical (unpaired) electrons. The summed E-state index contributed by atoms with van der Waals surface area (Å²) in [5.74, 6) is -1.73. The van der Waals surface area contributed by atoms with E-state index in [2.05, 4.69) is 17.1 Å². The Hall–Kier alpha value is -2.12. The molecule has 2 aliphatic heterocycles. The van der Waals surface area contributed by atoms with E-state index in [0.29, 0.717) is 17.2 Å². The van der Waals surface area contributed by atoms with E-state index in [1.807, 2.05) is 19.1 Å². The topological polar surface area (TPSA) is 106 Å². The second-order valence-electron chi connectivity index (χ2n) is 6.19. The van der Waals surface area contributed by atoms with Gasteiger partial charge in [-0.1, -0.05) is 29.8 Å². The number of halogens is 1. The monoisotopic (exact) mass is 329 g/mol. The summed E-state index contributed by atoms with van der Waals surface area (Å²) in [7, 11) is 0. The first-order valence-electron chi connectivity index (χ1n) is 7.29. The van der Waals surface area contributed by atoms with Crippen LogP contribution < -0.4 is 10.7 Å². The molecule has 1 saturated carbocycles. The minimum Gasteiger partial charge on any atom is -0.311 e. The highest BCUT2D eigenvalue weighted by molar-refractivity contribution is 6.31. The van der Waals surface area contributed by atoms with Crippen LogP contribution in [0.25, 0.3) is 0 Å². The highest BCUT2D eigenvalue weighted by atomic mass is 35.5. The van der Waals surface area contributed by atoms with E-state index in [1.165, 1.54) is 0 Å².